The van der Waals surface area contributed by atoms with E-state index in [4.69, 9.17) is 4.74 Å². The number of nitrogens with one attached hydrogen (secondary N) is 1. The second kappa shape index (κ2) is 7.79. The van der Waals surface area contributed by atoms with Gasteiger partial charge in [-0.05, 0) is 61.7 Å². The van der Waals surface area contributed by atoms with Crippen molar-refractivity contribution >= 4 is 11.9 Å². The summed E-state index contributed by atoms with van der Waals surface area (Å²) < 4.78 is 18.3. The van der Waals surface area contributed by atoms with Crippen LogP contribution in [0, 0.1) is 19.7 Å². The van der Waals surface area contributed by atoms with Gasteiger partial charge in [-0.1, -0.05) is 18.2 Å². The topological polar surface area (TPSA) is 75.6 Å². The molecule has 0 saturated carbocycles. The second-order valence-electron chi connectivity index (χ2n) is 5.78. The zero-order chi connectivity index (χ0) is 18.6. The van der Waals surface area contributed by atoms with Gasteiger partial charge in [-0.25, -0.2) is 9.18 Å². The lowest BCUT2D eigenvalue weighted by molar-refractivity contribution is -0.143. The average Bonchev–Trinajstić information content (AvgIpc) is 2.57. The zero-order valence-electron chi connectivity index (χ0n) is 14.2. The van der Waals surface area contributed by atoms with Crippen LogP contribution in [-0.2, 0) is 9.59 Å². The number of halogens is 1. The first kappa shape index (κ1) is 18.4. The SMILES string of the molecule is Cc1cccc(C(NC(=O)C(C)Oc2ccc(F)cc2)C(=O)O)c1C. The molecule has 0 heterocycles. The number of hydrogen-bond acceptors (Lipinski definition) is 3. The number of hydrogen-bond donors (Lipinski definition) is 2. The number of amides is 1. The van der Waals surface area contributed by atoms with Gasteiger partial charge in [0.15, 0.2) is 12.1 Å². The lowest BCUT2D eigenvalue weighted by Crippen LogP contribution is -2.41. The van der Waals surface area contributed by atoms with Crippen LogP contribution in [0.15, 0.2) is 42.5 Å². The molecule has 0 bridgehead atoms. The third-order valence-electron chi connectivity index (χ3n) is 3.99. The minimum Gasteiger partial charge on any atom is -0.481 e. The first-order chi connectivity index (χ1) is 11.8. The van der Waals surface area contributed by atoms with Gasteiger partial charge >= 0.3 is 5.97 Å². The first-order valence-electron chi connectivity index (χ1n) is 7.81. The first-order valence-corrected chi connectivity index (χ1v) is 7.81. The van der Waals surface area contributed by atoms with Crippen molar-refractivity contribution in [2.24, 2.45) is 0 Å². The molecular formula is C19H20FNO4. The van der Waals surface area contributed by atoms with Gasteiger partial charge in [0.05, 0.1) is 0 Å². The Hall–Kier alpha value is -2.89. The summed E-state index contributed by atoms with van der Waals surface area (Å²) in [4.78, 5) is 23.9. The van der Waals surface area contributed by atoms with Crippen LogP contribution in [0.5, 0.6) is 5.75 Å². The summed E-state index contributed by atoms with van der Waals surface area (Å²) in [5.74, 6) is -1.82. The lowest BCUT2D eigenvalue weighted by Gasteiger charge is -2.21. The van der Waals surface area contributed by atoms with E-state index < -0.39 is 29.8 Å². The highest BCUT2D eigenvalue weighted by Gasteiger charge is 2.27. The molecule has 132 valence electrons. The molecule has 2 unspecified atom stereocenters. The summed E-state index contributed by atoms with van der Waals surface area (Å²) in [6.45, 7) is 5.19. The van der Waals surface area contributed by atoms with Crippen LogP contribution in [0.1, 0.15) is 29.7 Å². The highest BCUT2D eigenvalue weighted by Crippen LogP contribution is 2.21. The zero-order valence-corrected chi connectivity index (χ0v) is 14.2. The van der Waals surface area contributed by atoms with E-state index in [1.54, 1.807) is 12.1 Å². The Balaban J connectivity index is 2.13. The molecule has 0 aliphatic rings. The van der Waals surface area contributed by atoms with Crippen LogP contribution < -0.4 is 10.1 Å². The summed E-state index contributed by atoms with van der Waals surface area (Å²) in [6, 6.07) is 9.36. The maximum atomic E-state index is 12.9. The van der Waals surface area contributed by atoms with Crippen molar-refractivity contribution < 1.29 is 23.8 Å². The second-order valence-corrected chi connectivity index (χ2v) is 5.78. The summed E-state index contributed by atoms with van der Waals surface area (Å²) in [7, 11) is 0. The van der Waals surface area contributed by atoms with E-state index in [-0.39, 0.29) is 0 Å². The quantitative estimate of drug-likeness (QED) is 0.843. The van der Waals surface area contributed by atoms with E-state index >= 15 is 0 Å². The summed E-state index contributed by atoms with van der Waals surface area (Å²) >= 11 is 0. The molecule has 2 aromatic rings. The third-order valence-corrected chi connectivity index (χ3v) is 3.99. The fraction of sp³-hybridized carbons (Fsp3) is 0.263. The van der Waals surface area contributed by atoms with Gasteiger partial charge in [-0.2, -0.15) is 0 Å². The molecule has 0 fully saturated rings. The number of carboxylic acids is 1. The van der Waals surface area contributed by atoms with Crippen molar-refractivity contribution in [2.45, 2.75) is 32.9 Å². The van der Waals surface area contributed by atoms with E-state index in [1.807, 2.05) is 19.9 Å². The number of ether oxygens (including phenoxy) is 1. The van der Waals surface area contributed by atoms with Crippen molar-refractivity contribution in [3.63, 3.8) is 0 Å². The summed E-state index contributed by atoms with van der Waals surface area (Å²) in [5.41, 5.74) is 2.27. The van der Waals surface area contributed by atoms with Gasteiger partial charge < -0.3 is 15.2 Å². The average molecular weight is 345 g/mol. The van der Waals surface area contributed by atoms with Crippen LogP contribution in [0.3, 0.4) is 0 Å². The van der Waals surface area contributed by atoms with Gasteiger partial charge in [0.2, 0.25) is 0 Å². The summed E-state index contributed by atoms with van der Waals surface area (Å²) in [6.07, 6.45) is -0.933. The van der Waals surface area contributed by atoms with E-state index in [9.17, 15) is 19.1 Å². The van der Waals surface area contributed by atoms with Crippen molar-refractivity contribution in [1.29, 1.82) is 0 Å². The molecule has 6 heteroatoms. The van der Waals surface area contributed by atoms with Crippen LogP contribution in [-0.4, -0.2) is 23.1 Å². The number of rotatable bonds is 6. The standard InChI is InChI=1S/C19H20FNO4/c1-11-5-4-6-16(12(11)2)17(19(23)24)21-18(22)13(3)25-15-9-7-14(20)8-10-15/h4-10,13,17H,1-3H3,(H,21,22)(H,23,24). The molecule has 0 saturated heterocycles. The van der Waals surface area contributed by atoms with Crippen LogP contribution in [0.4, 0.5) is 4.39 Å². The Kier molecular flexibility index (Phi) is 5.75. The van der Waals surface area contributed by atoms with Crippen molar-refractivity contribution in [2.75, 3.05) is 0 Å². The van der Waals surface area contributed by atoms with Gasteiger partial charge in [-0.3, -0.25) is 4.79 Å². The number of benzene rings is 2. The molecule has 0 spiro atoms. The van der Waals surface area contributed by atoms with Crippen LogP contribution in [0.2, 0.25) is 0 Å². The normalized spacial score (nSPS) is 13.0. The van der Waals surface area contributed by atoms with Gasteiger partial charge in [-0.15, -0.1) is 0 Å². The Morgan fingerprint density at radius 3 is 2.36 bits per heavy atom. The third kappa shape index (κ3) is 4.56. The number of carbonyl (C=O) groups excluding carboxylic acids is 1. The molecule has 2 rings (SSSR count). The molecule has 0 aliphatic heterocycles. The monoisotopic (exact) mass is 345 g/mol. The van der Waals surface area contributed by atoms with Gasteiger partial charge in [0, 0.05) is 0 Å². The minimum atomic E-state index is -1.17. The number of aliphatic carboxylic acids is 1. The molecule has 2 aromatic carbocycles. The van der Waals surface area contributed by atoms with E-state index in [0.29, 0.717) is 11.3 Å². The Morgan fingerprint density at radius 1 is 1.12 bits per heavy atom. The molecule has 2 N–H and O–H groups in total. The fourth-order valence-electron chi connectivity index (χ4n) is 2.39. The maximum Gasteiger partial charge on any atom is 0.330 e. The largest absolute Gasteiger partial charge is 0.481 e. The smallest absolute Gasteiger partial charge is 0.330 e. The highest BCUT2D eigenvalue weighted by atomic mass is 19.1. The van der Waals surface area contributed by atoms with Crippen LogP contribution in [0.25, 0.3) is 0 Å². The van der Waals surface area contributed by atoms with E-state index in [2.05, 4.69) is 5.32 Å². The van der Waals surface area contributed by atoms with Crippen molar-refractivity contribution in [3.8, 4) is 5.75 Å². The van der Waals surface area contributed by atoms with Crippen LogP contribution >= 0.6 is 0 Å². The molecule has 5 nitrogen and oxygen atoms in total. The van der Waals surface area contributed by atoms with Crippen molar-refractivity contribution in [1.82, 2.24) is 5.32 Å². The molecule has 0 radical (unpaired) electrons. The lowest BCUT2D eigenvalue weighted by atomic mass is 9.97. The van der Waals surface area contributed by atoms with E-state index in [1.165, 1.54) is 31.2 Å². The summed E-state index contributed by atoms with van der Waals surface area (Å²) in [5, 5.41) is 12.0. The van der Waals surface area contributed by atoms with Gasteiger partial charge in [0.25, 0.3) is 5.91 Å². The predicted molar refractivity (Wildman–Crippen MR) is 90.9 cm³/mol. The maximum absolute atomic E-state index is 12.9. The highest BCUT2D eigenvalue weighted by molar-refractivity contribution is 5.87. The molecule has 2 atom stereocenters. The van der Waals surface area contributed by atoms with Gasteiger partial charge in [0.1, 0.15) is 11.6 Å². The molecule has 1 amide bonds. The predicted octanol–water partition coefficient (Wildman–Crippen LogP) is 3.15. The number of carboxylic acid groups (broad SMARTS) is 1. The Bertz CT molecular complexity index is 773. The van der Waals surface area contributed by atoms with Crippen molar-refractivity contribution in [3.05, 3.63) is 65.0 Å². The Morgan fingerprint density at radius 2 is 1.76 bits per heavy atom. The molecular weight excluding hydrogens is 325 g/mol. The number of aryl methyl sites for hydroxylation is 1. The number of carbonyl (C=O) groups is 2. The molecule has 0 aromatic heterocycles. The Labute approximate surface area is 145 Å². The molecule has 25 heavy (non-hydrogen) atoms. The fourth-order valence-corrected chi connectivity index (χ4v) is 2.39. The van der Waals surface area contributed by atoms with E-state index in [0.717, 1.165) is 11.1 Å². The minimum absolute atomic E-state index is 0.322. The molecule has 0 aliphatic carbocycles.